The van der Waals surface area contributed by atoms with Crippen LogP contribution in [0.25, 0.3) is 10.9 Å². The highest BCUT2D eigenvalue weighted by Crippen LogP contribution is 2.20. The molecule has 3 heteroatoms. The number of benzene rings is 1. The maximum atomic E-state index is 5.73. The van der Waals surface area contributed by atoms with Crippen LogP contribution in [0.4, 0.5) is 0 Å². The summed E-state index contributed by atoms with van der Waals surface area (Å²) >= 11 is 0. The Bertz CT molecular complexity index is 612. The molecule has 0 unspecified atom stereocenters. The van der Waals surface area contributed by atoms with E-state index in [1.165, 1.54) is 55.4 Å². The van der Waals surface area contributed by atoms with Crippen LogP contribution in [0.15, 0.2) is 30.5 Å². The minimum atomic E-state index is 0.549. The molecule has 0 bridgehead atoms. The molecule has 1 aromatic carbocycles. The maximum absolute atomic E-state index is 5.73. The molecule has 140 valence electrons. The number of hydrogen-bond acceptors (Lipinski definition) is 2. The van der Waals surface area contributed by atoms with Gasteiger partial charge in [-0.2, -0.15) is 0 Å². The largest absolute Gasteiger partial charge is 0.378 e. The van der Waals surface area contributed by atoms with Crippen LogP contribution in [0.1, 0.15) is 52.0 Å². The molecule has 0 spiro atoms. The van der Waals surface area contributed by atoms with Gasteiger partial charge in [-0.25, -0.2) is 0 Å². The molecule has 25 heavy (non-hydrogen) atoms. The number of ether oxygens (including phenoxy) is 1. The van der Waals surface area contributed by atoms with Crippen molar-refractivity contribution < 1.29 is 4.74 Å². The molecule has 1 saturated heterocycles. The monoisotopic (exact) mass is 344 g/mol. The number of piperidine rings is 1. The molecule has 3 nitrogen and oxygen atoms in total. The molecule has 3 rings (SSSR count). The first-order valence-electron chi connectivity index (χ1n) is 10.1. The molecule has 0 aliphatic carbocycles. The van der Waals surface area contributed by atoms with E-state index in [1.54, 1.807) is 0 Å². The van der Waals surface area contributed by atoms with Crippen LogP contribution in [-0.2, 0) is 18.2 Å². The van der Waals surface area contributed by atoms with Gasteiger partial charge >= 0.3 is 0 Å². The van der Waals surface area contributed by atoms with Crippen LogP contribution in [-0.4, -0.2) is 41.8 Å². The number of aromatic nitrogens is 1. The summed E-state index contributed by atoms with van der Waals surface area (Å²) in [6.07, 6.45) is 8.77. The topological polar surface area (TPSA) is 17.4 Å². The van der Waals surface area contributed by atoms with E-state index in [0.29, 0.717) is 6.10 Å². The summed E-state index contributed by atoms with van der Waals surface area (Å²) < 4.78 is 7.92. The summed E-state index contributed by atoms with van der Waals surface area (Å²) in [5, 5.41) is 1.39. The molecule has 1 aromatic heterocycles. The second kappa shape index (κ2) is 10.6. The Morgan fingerprint density at radius 1 is 1.04 bits per heavy atom. The second-order valence-electron chi connectivity index (χ2n) is 7.05. The number of para-hydroxylation sites is 1. The van der Waals surface area contributed by atoms with Gasteiger partial charge in [-0.3, -0.25) is 0 Å². The SMILES string of the molecule is CCCOC1CCN(CCC)CC1.CCc1cn(C)c2ccccc12. The number of likely N-dealkylation sites (tertiary alicyclic amines) is 1. The number of hydrogen-bond donors (Lipinski definition) is 0. The quantitative estimate of drug-likeness (QED) is 0.731. The molecule has 1 aliphatic heterocycles. The Balaban J connectivity index is 0.000000181. The highest BCUT2D eigenvalue weighted by Gasteiger charge is 2.18. The van der Waals surface area contributed by atoms with Crippen LogP contribution in [0, 0.1) is 0 Å². The number of nitrogens with zero attached hydrogens (tertiary/aromatic N) is 2. The highest BCUT2D eigenvalue weighted by molar-refractivity contribution is 5.83. The van der Waals surface area contributed by atoms with Gasteiger partial charge in [-0.15, -0.1) is 0 Å². The van der Waals surface area contributed by atoms with Crippen LogP contribution in [0.2, 0.25) is 0 Å². The summed E-state index contributed by atoms with van der Waals surface area (Å²) in [5.74, 6) is 0. The zero-order valence-corrected chi connectivity index (χ0v) is 16.6. The molecule has 2 heterocycles. The third-order valence-electron chi connectivity index (χ3n) is 4.99. The fourth-order valence-corrected chi connectivity index (χ4v) is 3.61. The summed E-state index contributed by atoms with van der Waals surface area (Å²) in [6, 6.07) is 8.53. The van der Waals surface area contributed by atoms with Gasteiger partial charge in [0.2, 0.25) is 0 Å². The zero-order chi connectivity index (χ0) is 18.1. The summed E-state index contributed by atoms with van der Waals surface area (Å²) in [6.45, 7) is 11.3. The molecule has 2 aromatic rings. The van der Waals surface area contributed by atoms with Crippen molar-refractivity contribution in [3.05, 3.63) is 36.0 Å². The fourth-order valence-electron chi connectivity index (χ4n) is 3.61. The van der Waals surface area contributed by atoms with Crippen LogP contribution < -0.4 is 0 Å². The second-order valence-corrected chi connectivity index (χ2v) is 7.05. The standard InChI is InChI=1S/C11H23NO.C11H13N/c1-3-7-12-8-5-11(6-9-12)13-10-4-2;1-3-9-8-12(2)11-7-5-4-6-10(9)11/h11H,3-10H2,1-2H3;4-8H,3H2,1-2H3. The normalized spacial score (nSPS) is 16.0. The Morgan fingerprint density at radius 3 is 2.40 bits per heavy atom. The van der Waals surface area contributed by atoms with Gasteiger partial charge < -0.3 is 14.2 Å². The third-order valence-corrected chi connectivity index (χ3v) is 4.99. The van der Waals surface area contributed by atoms with Gasteiger partial charge in [-0.1, -0.05) is 39.0 Å². The predicted molar refractivity (Wildman–Crippen MR) is 108 cm³/mol. The van der Waals surface area contributed by atoms with Gasteiger partial charge in [0.25, 0.3) is 0 Å². The summed E-state index contributed by atoms with van der Waals surface area (Å²) in [7, 11) is 2.10. The van der Waals surface area contributed by atoms with Crippen LogP contribution in [0.3, 0.4) is 0 Å². The van der Waals surface area contributed by atoms with Gasteiger partial charge in [0.05, 0.1) is 6.10 Å². The van der Waals surface area contributed by atoms with E-state index in [2.05, 4.69) is 67.7 Å². The molecule has 0 amide bonds. The molecule has 0 N–H and O–H groups in total. The number of rotatable bonds is 6. The molecule has 1 fully saturated rings. The van der Waals surface area contributed by atoms with Crippen LogP contribution in [0.5, 0.6) is 0 Å². The van der Waals surface area contributed by atoms with Gasteiger partial charge in [0, 0.05) is 43.8 Å². The Morgan fingerprint density at radius 2 is 1.76 bits per heavy atom. The first-order chi connectivity index (χ1) is 12.2. The third kappa shape index (κ3) is 5.86. The van der Waals surface area contributed by atoms with Crippen molar-refractivity contribution >= 4 is 10.9 Å². The summed E-state index contributed by atoms with van der Waals surface area (Å²) in [4.78, 5) is 2.55. The highest BCUT2D eigenvalue weighted by atomic mass is 16.5. The lowest BCUT2D eigenvalue weighted by Crippen LogP contribution is -2.37. The lowest BCUT2D eigenvalue weighted by molar-refractivity contribution is 0.00798. The van der Waals surface area contributed by atoms with E-state index in [1.807, 2.05) is 0 Å². The van der Waals surface area contributed by atoms with E-state index in [0.717, 1.165) is 19.4 Å². The van der Waals surface area contributed by atoms with Gasteiger partial charge in [-0.05, 0) is 50.3 Å². The molecular formula is C22H36N2O. The Labute approximate surface area is 154 Å². The van der Waals surface area contributed by atoms with E-state index >= 15 is 0 Å². The average Bonchev–Trinajstić information content (AvgIpc) is 2.98. The number of aryl methyl sites for hydroxylation is 2. The lowest BCUT2D eigenvalue weighted by atomic mass is 10.1. The first-order valence-corrected chi connectivity index (χ1v) is 10.1. The van der Waals surface area contributed by atoms with E-state index < -0.39 is 0 Å². The minimum Gasteiger partial charge on any atom is -0.378 e. The molecular weight excluding hydrogens is 308 g/mol. The lowest BCUT2D eigenvalue weighted by Gasteiger charge is -2.31. The zero-order valence-electron chi connectivity index (χ0n) is 16.6. The van der Waals surface area contributed by atoms with Gasteiger partial charge in [0.1, 0.15) is 0 Å². The van der Waals surface area contributed by atoms with E-state index in [9.17, 15) is 0 Å². The van der Waals surface area contributed by atoms with E-state index in [-0.39, 0.29) is 0 Å². The Hall–Kier alpha value is -1.32. The number of fused-ring (bicyclic) bond motifs is 1. The molecule has 1 aliphatic rings. The molecule has 0 radical (unpaired) electrons. The van der Waals surface area contributed by atoms with Crippen molar-refractivity contribution in [2.75, 3.05) is 26.2 Å². The predicted octanol–water partition coefficient (Wildman–Crippen LogP) is 5.03. The van der Waals surface area contributed by atoms with Crippen LogP contribution >= 0.6 is 0 Å². The maximum Gasteiger partial charge on any atom is 0.0599 e. The van der Waals surface area contributed by atoms with Crippen molar-refractivity contribution in [2.24, 2.45) is 7.05 Å². The average molecular weight is 345 g/mol. The van der Waals surface area contributed by atoms with E-state index in [4.69, 9.17) is 4.74 Å². The van der Waals surface area contributed by atoms with Crippen molar-refractivity contribution in [3.63, 3.8) is 0 Å². The van der Waals surface area contributed by atoms with Crippen molar-refractivity contribution in [2.45, 2.75) is 59.0 Å². The smallest absolute Gasteiger partial charge is 0.0599 e. The Kier molecular flexibility index (Phi) is 8.50. The van der Waals surface area contributed by atoms with Gasteiger partial charge in [0.15, 0.2) is 0 Å². The van der Waals surface area contributed by atoms with Crippen molar-refractivity contribution in [1.82, 2.24) is 9.47 Å². The fraction of sp³-hybridized carbons (Fsp3) is 0.636. The summed E-state index contributed by atoms with van der Waals surface area (Å²) in [5.41, 5.74) is 2.77. The van der Waals surface area contributed by atoms with Crippen molar-refractivity contribution in [1.29, 1.82) is 0 Å². The molecule has 0 saturated carbocycles. The first kappa shape index (κ1) is 20.0. The minimum absolute atomic E-state index is 0.549. The van der Waals surface area contributed by atoms with Crippen molar-refractivity contribution in [3.8, 4) is 0 Å². The molecule has 0 atom stereocenters.